The lowest BCUT2D eigenvalue weighted by Crippen LogP contribution is -2.42. The molecule has 1 aliphatic carbocycles. The van der Waals surface area contributed by atoms with Crippen molar-refractivity contribution in [1.82, 2.24) is 14.5 Å². The van der Waals surface area contributed by atoms with Crippen LogP contribution in [0.15, 0.2) is 29.2 Å². The second-order valence-corrected chi connectivity index (χ2v) is 10.6. The molecule has 2 fully saturated rings. The number of guanidine groups is 1. The summed E-state index contributed by atoms with van der Waals surface area (Å²) in [6, 6.07) is 7.36. The number of unbranched alkanes of at least 4 members (excludes halogenated alkanes) is 1. The molecule has 1 saturated heterocycles. The molecular weight excluding hydrogens is 416 g/mol. The smallest absolute Gasteiger partial charge is 0.266 e. The standard InChI is InChI=1S/C22H34N4O2S2/c1-2-3-9-21(29)24-15-14-18-10-12-20(13-11-18)30(27,28)26-17-16-25(22(26)23)19-7-5-4-6-8-19/h10-13,19,23H,2-9,14-17H2,1H3,(H,24,29). The van der Waals surface area contributed by atoms with Gasteiger partial charge in [-0.15, -0.1) is 0 Å². The third-order valence-electron chi connectivity index (χ3n) is 6.07. The molecule has 6 nitrogen and oxygen atoms in total. The summed E-state index contributed by atoms with van der Waals surface area (Å²) in [6.07, 6.45) is 9.63. The van der Waals surface area contributed by atoms with E-state index in [0.717, 1.165) is 55.6 Å². The Morgan fingerprint density at radius 3 is 2.53 bits per heavy atom. The van der Waals surface area contributed by atoms with E-state index in [4.69, 9.17) is 17.6 Å². The van der Waals surface area contributed by atoms with E-state index in [1.54, 1.807) is 12.1 Å². The first kappa shape index (κ1) is 23.0. The minimum absolute atomic E-state index is 0.135. The molecule has 1 aromatic rings. The fraction of sp³-hybridized carbons (Fsp3) is 0.636. The van der Waals surface area contributed by atoms with Crippen LogP contribution in [-0.4, -0.2) is 54.2 Å². The first-order chi connectivity index (χ1) is 14.4. The first-order valence-corrected chi connectivity index (χ1v) is 13.0. The van der Waals surface area contributed by atoms with E-state index < -0.39 is 10.0 Å². The summed E-state index contributed by atoms with van der Waals surface area (Å²) in [5, 5.41) is 11.7. The number of nitrogens with zero attached hydrogens (tertiary/aromatic N) is 2. The Kier molecular flexibility index (Phi) is 8.11. The van der Waals surface area contributed by atoms with Crippen molar-refractivity contribution in [3.8, 4) is 0 Å². The minimum atomic E-state index is -3.69. The number of thiocarbonyl (C=S) groups is 1. The topological polar surface area (TPSA) is 76.5 Å². The van der Waals surface area contributed by atoms with Crippen LogP contribution in [0.3, 0.4) is 0 Å². The lowest BCUT2D eigenvalue weighted by molar-refractivity contribution is 0.260. The average molecular weight is 451 g/mol. The molecule has 0 bridgehead atoms. The van der Waals surface area contributed by atoms with Gasteiger partial charge >= 0.3 is 0 Å². The van der Waals surface area contributed by atoms with Gasteiger partial charge in [0.2, 0.25) is 5.96 Å². The largest absolute Gasteiger partial charge is 0.379 e. The molecule has 1 saturated carbocycles. The molecule has 1 aliphatic heterocycles. The lowest BCUT2D eigenvalue weighted by Gasteiger charge is -2.32. The molecule has 30 heavy (non-hydrogen) atoms. The molecule has 0 atom stereocenters. The Labute approximate surface area is 186 Å². The van der Waals surface area contributed by atoms with Crippen molar-refractivity contribution in [3.05, 3.63) is 29.8 Å². The monoisotopic (exact) mass is 450 g/mol. The predicted molar refractivity (Wildman–Crippen MR) is 125 cm³/mol. The summed E-state index contributed by atoms with van der Waals surface area (Å²) in [6.45, 7) is 3.88. The summed E-state index contributed by atoms with van der Waals surface area (Å²) < 4.78 is 27.5. The summed E-state index contributed by atoms with van der Waals surface area (Å²) in [5.41, 5.74) is 1.07. The van der Waals surface area contributed by atoms with Crippen molar-refractivity contribution < 1.29 is 8.42 Å². The fourth-order valence-corrected chi connectivity index (χ4v) is 5.90. The lowest BCUT2D eigenvalue weighted by atomic mass is 9.94. The van der Waals surface area contributed by atoms with Crippen molar-refractivity contribution in [1.29, 1.82) is 5.41 Å². The Bertz CT molecular complexity index is 833. The molecule has 0 amide bonds. The van der Waals surface area contributed by atoms with Crippen LogP contribution in [0.1, 0.15) is 63.9 Å². The van der Waals surface area contributed by atoms with Crippen molar-refractivity contribution in [2.24, 2.45) is 0 Å². The SMILES string of the molecule is CCCCC(=S)NCCc1ccc(S(=O)(=O)N2CCN(C3CCCCC3)C2=N)cc1. The van der Waals surface area contributed by atoms with E-state index in [0.29, 0.717) is 19.1 Å². The Hall–Kier alpha value is -1.67. The molecule has 2 N–H and O–H groups in total. The molecule has 0 aromatic heterocycles. The second-order valence-electron chi connectivity index (χ2n) is 8.23. The molecule has 3 rings (SSSR count). The normalized spacial score (nSPS) is 18.1. The molecule has 0 unspecified atom stereocenters. The van der Waals surface area contributed by atoms with Crippen LogP contribution >= 0.6 is 12.2 Å². The average Bonchev–Trinajstić information content (AvgIpc) is 3.15. The highest BCUT2D eigenvalue weighted by Crippen LogP contribution is 2.28. The van der Waals surface area contributed by atoms with Crippen LogP contribution in [0.2, 0.25) is 0 Å². The molecule has 2 aliphatic rings. The van der Waals surface area contributed by atoms with Crippen molar-refractivity contribution in [2.45, 2.75) is 75.6 Å². The first-order valence-electron chi connectivity index (χ1n) is 11.2. The van der Waals surface area contributed by atoms with Gasteiger partial charge in [0.05, 0.1) is 16.4 Å². The van der Waals surface area contributed by atoms with E-state index in [1.165, 1.54) is 23.6 Å². The maximum absolute atomic E-state index is 13.1. The van der Waals surface area contributed by atoms with Crippen LogP contribution in [0.25, 0.3) is 0 Å². The van der Waals surface area contributed by atoms with Crippen molar-refractivity contribution >= 4 is 33.2 Å². The summed E-state index contributed by atoms with van der Waals surface area (Å²) in [5.74, 6) is 0.135. The number of rotatable bonds is 9. The number of benzene rings is 1. The zero-order chi connectivity index (χ0) is 21.6. The van der Waals surface area contributed by atoms with E-state index in [1.807, 2.05) is 17.0 Å². The van der Waals surface area contributed by atoms with Gasteiger partial charge in [0.25, 0.3) is 10.0 Å². The van der Waals surface area contributed by atoms with Crippen molar-refractivity contribution in [2.75, 3.05) is 19.6 Å². The fourth-order valence-electron chi connectivity index (χ4n) is 4.26. The zero-order valence-electron chi connectivity index (χ0n) is 17.9. The zero-order valence-corrected chi connectivity index (χ0v) is 19.5. The van der Waals surface area contributed by atoms with Gasteiger partial charge in [0.1, 0.15) is 0 Å². The van der Waals surface area contributed by atoms with Crippen LogP contribution in [0.5, 0.6) is 0 Å². The molecule has 166 valence electrons. The Morgan fingerprint density at radius 2 is 1.87 bits per heavy atom. The molecule has 0 radical (unpaired) electrons. The van der Waals surface area contributed by atoms with E-state index in [2.05, 4.69) is 12.2 Å². The predicted octanol–water partition coefficient (Wildman–Crippen LogP) is 3.91. The quantitative estimate of drug-likeness (QED) is 0.558. The summed E-state index contributed by atoms with van der Waals surface area (Å²) >= 11 is 5.31. The van der Waals surface area contributed by atoms with Crippen LogP contribution in [0.4, 0.5) is 0 Å². The molecule has 1 heterocycles. The maximum Gasteiger partial charge on any atom is 0.266 e. The highest BCUT2D eigenvalue weighted by molar-refractivity contribution is 7.89. The molecule has 1 aromatic carbocycles. The third-order valence-corrected chi connectivity index (χ3v) is 8.22. The number of hydrogen-bond donors (Lipinski definition) is 2. The highest BCUT2D eigenvalue weighted by atomic mass is 32.2. The van der Waals surface area contributed by atoms with Gasteiger partial charge < -0.3 is 10.2 Å². The maximum atomic E-state index is 13.1. The van der Waals surface area contributed by atoms with Gasteiger partial charge in [-0.1, -0.05) is 57.0 Å². The van der Waals surface area contributed by atoms with Gasteiger partial charge in [-0.2, -0.15) is 0 Å². The Balaban J connectivity index is 1.57. The van der Waals surface area contributed by atoms with Gasteiger partial charge in [0, 0.05) is 19.1 Å². The number of hydrogen-bond acceptors (Lipinski definition) is 4. The van der Waals surface area contributed by atoms with Gasteiger partial charge in [-0.3, -0.25) is 5.41 Å². The minimum Gasteiger partial charge on any atom is -0.379 e. The van der Waals surface area contributed by atoms with Gasteiger partial charge in [-0.05, 0) is 49.8 Å². The van der Waals surface area contributed by atoms with E-state index >= 15 is 0 Å². The third kappa shape index (κ3) is 5.52. The number of nitrogens with one attached hydrogen (secondary N) is 2. The van der Waals surface area contributed by atoms with Crippen LogP contribution < -0.4 is 5.32 Å². The molecule has 8 heteroatoms. The molecular formula is C22H34N4O2S2. The van der Waals surface area contributed by atoms with Gasteiger partial charge in [0.15, 0.2) is 0 Å². The van der Waals surface area contributed by atoms with Crippen molar-refractivity contribution in [3.63, 3.8) is 0 Å². The number of sulfonamides is 1. The van der Waals surface area contributed by atoms with Gasteiger partial charge in [-0.25, -0.2) is 12.7 Å². The second kappa shape index (κ2) is 10.6. The van der Waals surface area contributed by atoms with Crippen LogP contribution in [-0.2, 0) is 16.4 Å². The van der Waals surface area contributed by atoms with E-state index in [9.17, 15) is 8.42 Å². The van der Waals surface area contributed by atoms with E-state index in [-0.39, 0.29) is 10.9 Å². The molecule has 0 spiro atoms. The highest BCUT2D eigenvalue weighted by Gasteiger charge is 2.38. The van der Waals surface area contributed by atoms with Crippen LogP contribution in [0, 0.1) is 5.41 Å². The summed E-state index contributed by atoms with van der Waals surface area (Å²) in [4.78, 5) is 3.14. The Morgan fingerprint density at radius 1 is 1.17 bits per heavy atom. The summed E-state index contributed by atoms with van der Waals surface area (Å²) in [7, 11) is -3.69.